The molecule has 0 aromatic heterocycles. The topological polar surface area (TPSA) is 49.4 Å². The van der Waals surface area contributed by atoms with Crippen LogP contribution in [0, 0.1) is 0 Å². The van der Waals surface area contributed by atoms with Gasteiger partial charge in [0, 0.05) is 24.9 Å². The van der Waals surface area contributed by atoms with E-state index in [1.807, 2.05) is 25.2 Å². The second-order valence-corrected chi connectivity index (χ2v) is 7.95. The van der Waals surface area contributed by atoms with Crippen molar-refractivity contribution in [2.24, 2.45) is 0 Å². The number of nitrogens with zero attached hydrogens (tertiary/aromatic N) is 1. The number of likely N-dealkylation sites (N-methyl/N-ethyl adjacent to an activating group) is 1. The van der Waals surface area contributed by atoms with Crippen LogP contribution >= 0.6 is 0 Å². The summed E-state index contributed by atoms with van der Waals surface area (Å²) in [6.45, 7) is 5.79. The van der Waals surface area contributed by atoms with Crippen molar-refractivity contribution >= 4 is 9.84 Å². The van der Waals surface area contributed by atoms with Crippen LogP contribution in [-0.2, 0) is 9.84 Å². The second kappa shape index (κ2) is 8.51. The van der Waals surface area contributed by atoms with E-state index < -0.39 is 9.84 Å². The molecule has 1 rings (SSSR count). The highest BCUT2D eigenvalue weighted by atomic mass is 32.2. The maximum absolute atomic E-state index is 11.3. The summed E-state index contributed by atoms with van der Waals surface area (Å²) in [6, 6.07) is 10.8. The van der Waals surface area contributed by atoms with Crippen LogP contribution in [0.2, 0.25) is 0 Å². The molecule has 1 N–H and O–H groups in total. The van der Waals surface area contributed by atoms with Crippen LogP contribution in [0.1, 0.15) is 31.9 Å². The number of sulfone groups is 1. The van der Waals surface area contributed by atoms with Gasteiger partial charge in [0.2, 0.25) is 0 Å². The second-order valence-electron chi connectivity index (χ2n) is 5.69. The Labute approximate surface area is 129 Å². The first-order valence-corrected chi connectivity index (χ1v) is 9.57. The number of hydrogen-bond acceptors (Lipinski definition) is 4. The van der Waals surface area contributed by atoms with Gasteiger partial charge in [0.1, 0.15) is 9.84 Å². The molecule has 1 aromatic carbocycles. The molecule has 0 aliphatic heterocycles. The molecule has 0 aliphatic rings. The molecule has 0 saturated heterocycles. The zero-order chi connectivity index (χ0) is 15.9. The summed E-state index contributed by atoms with van der Waals surface area (Å²) in [5, 5.41) is 3.57. The fourth-order valence-corrected chi connectivity index (χ4v) is 2.91. The number of benzene rings is 1. The minimum Gasteiger partial charge on any atom is -0.309 e. The molecule has 0 aliphatic carbocycles. The van der Waals surface area contributed by atoms with Gasteiger partial charge in [-0.3, -0.25) is 0 Å². The standard InChI is InChI=1S/C16H28N2O2S/c1-5-11-17-16(15-9-7-6-8-10-15)14(2)18(3)12-13-21(4,19)20/h6-10,14,16-17H,5,11-13H2,1-4H3. The van der Waals surface area contributed by atoms with Crippen LogP contribution in [0.3, 0.4) is 0 Å². The molecule has 5 heteroatoms. The van der Waals surface area contributed by atoms with Crippen LogP contribution in [0.25, 0.3) is 0 Å². The summed E-state index contributed by atoms with van der Waals surface area (Å²) in [5.74, 6) is 0.198. The van der Waals surface area contributed by atoms with Crippen molar-refractivity contribution in [1.29, 1.82) is 0 Å². The third-order valence-corrected chi connectivity index (χ3v) is 4.69. The lowest BCUT2D eigenvalue weighted by molar-refractivity contribution is 0.217. The van der Waals surface area contributed by atoms with Gasteiger partial charge >= 0.3 is 0 Å². The van der Waals surface area contributed by atoms with Crippen LogP contribution in [0.15, 0.2) is 30.3 Å². The molecule has 1 aromatic rings. The van der Waals surface area contributed by atoms with E-state index in [1.165, 1.54) is 11.8 Å². The van der Waals surface area contributed by atoms with Crippen molar-refractivity contribution in [3.05, 3.63) is 35.9 Å². The third kappa shape index (κ3) is 6.59. The molecule has 21 heavy (non-hydrogen) atoms. The highest BCUT2D eigenvalue weighted by Gasteiger charge is 2.22. The van der Waals surface area contributed by atoms with Crippen LogP contribution in [0.5, 0.6) is 0 Å². The van der Waals surface area contributed by atoms with Crippen molar-refractivity contribution in [1.82, 2.24) is 10.2 Å². The quantitative estimate of drug-likeness (QED) is 0.758. The highest BCUT2D eigenvalue weighted by Crippen LogP contribution is 2.20. The van der Waals surface area contributed by atoms with Crippen molar-refractivity contribution in [2.75, 3.05) is 32.1 Å². The molecule has 0 fully saturated rings. The summed E-state index contributed by atoms with van der Waals surface area (Å²) in [5.41, 5.74) is 1.24. The number of hydrogen-bond donors (Lipinski definition) is 1. The van der Waals surface area contributed by atoms with Gasteiger partial charge in [0.25, 0.3) is 0 Å². The van der Waals surface area contributed by atoms with Gasteiger partial charge in [-0.1, -0.05) is 37.3 Å². The van der Waals surface area contributed by atoms with E-state index in [0.717, 1.165) is 13.0 Å². The van der Waals surface area contributed by atoms with E-state index in [2.05, 4.69) is 36.2 Å². The summed E-state index contributed by atoms with van der Waals surface area (Å²) in [4.78, 5) is 2.11. The Hall–Kier alpha value is -0.910. The Kier molecular flexibility index (Phi) is 7.35. The molecule has 0 spiro atoms. The summed E-state index contributed by atoms with van der Waals surface area (Å²) >= 11 is 0. The largest absolute Gasteiger partial charge is 0.309 e. The molecule has 4 nitrogen and oxygen atoms in total. The van der Waals surface area contributed by atoms with Crippen LogP contribution in [-0.4, -0.2) is 51.5 Å². The van der Waals surface area contributed by atoms with E-state index in [4.69, 9.17) is 0 Å². The molecule has 120 valence electrons. The van der Waals surface area contributed by atoms with Crippen LogP contribution in [0.4, 0.5) is 0 Å². The fourth-order valence-electron chi connectivity index (χ4n) is 2.30. The monoisotopic (exact) mass is 312 g/mol. The zero-order valence-corrected chi connectivity index (χ0v) is 14.4. The maximum Gasteiger partial charge on any atom is 0.148 e. The van der Waals surface area contributed by atoms with Crippen LogP contribution < -0.4 is 5.32 Å². The molecule has 2 atom stereocenters. The molecular formula is C16H28N2O2S. The van der Waals surface area contributed by atoms with Gasteiger partial charge in [0.15, 0.2) is 0 Å². The van der Waals surface area contributed by atoms with E-state index in [9.17, 15) is 8.42 Å². The maximum atomic E-state index is 11.3. The smallest absolute Gasteiger partial charge is 0.148 e. The zero-order valence-electron chi connectivity index (χ0n) is 13.5. The summed E-state index contributed by atoms with van der Waals surface area (Å²) in [6.07, 6.45) is 2.36. The van der Waals surface area contributed by atoms with Gasteiger partial charge < -0.3 is 10.2 Å². The van der Waals surface area contributed by atoms with Gasteiger partial charge in [0.05, 0.1) is 5.75 Å². The van der Waals surface area contributed by atoms with E-state index in [1.54, 1.807) is 0 Å². The predicted octanol–water partition coefficient (Wildman–Crippen LogP) is 2.09. The first kappa shape index (κ1) is 18.1. The first-order valence-electron chi connectivity index (χ1n) is 7.51. The molecule has 0 amide bonds. The van der Waals surface area contributed by atoms with Crippen molar-refractivity contribution in [2.45, 2.75) is 32.4 Å². The number of nitrogens with one attached hydrogen (secondary N) is 1. The van der Waals surface area contributed by atoms with Crippen molar-refractivity contribution < 1.29 is 8.42 Å². The summed E-state index contributed by atoms with van der Waals surface area (Å²) in [7, 11) is -0.937. The lowest BCUT2D eigenvalue weighted by Crippen LogP contribution is -2.42. The molecular weight excluding hydrogens is 284 g/mol. The molecule has 0 radical (unpaired) electrons. The van der Waals surface area contributed by atoms with E-state index in [0.29, 0.717) is 6.54 Å². The van der Waals surface area contributed by atoms with Gasteiger partial charge in [-0.2, -0.15) is 0 Å². The average Bonchev–Trinajstić information content (AvgIpc) is 2.45. The normalized spacial score (nSPS) is 15.1. The van der Waals surface area contributed by atoms with Gasteiger partial charge in [-0.25, -0.2) is 8.42 Å². The summed E-state index contributed by atoms with van der Waals surface area (Å²) < 4.78 is 22.7. The molecule has 0 saturated carbocycles. The molecule has 0 heterocycles. The lowest BCUT2D eigenvalue weighted by Gasteiger charge is -2.33. The van der Waals surface area contributed by atoms with Gasteiger partial charge in [-0.15, -0.1) is 0 Å². The average molecular weight is 312 g/mol. The van der Waals surface area contributed by atoms with E-state index in [-0.39, 0.29) is 17.8 Å². The highest BCUT2D eigenvalue weighted by molar-refractivity contribution is 7.90. The SMILES string of the molecule is CCCNC(c1ccccc1)C(C)N(C)CCS(C)(=O)=O. The Morgan fingerprint density at radius 3 is 2.38 bits per heavy atom. The van der Waals surface area contributed by atoms with E-state index >= 15 is 0 Å². The minimum absolute atomic E-state index is 0.198. The Balaban J connectivity index is 2.77. The minimum atomic E-state index is -2.92. The van der Waals surface area contributed by atoms with Crippen molar-refractivity contribution in [3.8, 4) is 0 Å². The fraction of sp³-hybridized carbons (Fsp3) is 0.625. The molecule has 0 bridgehead atoms. The Morgan fingerprint density at radius 2 is 1.86 bits per heavy atom. The third-order valence-electron chi connectivity index (χ3n) is 3.77. The predicted molar refractivity (Wildman–Crippen MR) is 89.3 cm³/mol. The van der Waals surface area contributed by atoms with Crippen molar-refractivity contribution in [3.63, 3.8) is 0 Å². The first-order chi connectivity index (χ1) is 9.85. The Morgan fingerprint density at radius 1 is 1.24 bits per heavy atom. The number of rotatable bonds is 9. The van der Waals surface area contributed by atoms with Gasteiger partial charge in [-0.05, 0) is 32.5 Å². The lowest BCUT2D eigenvalue weighted by atomic mass is 9.99. The molecule has 2 unspecified atom stereocenters. The Bertz CT molecular complexity index is 502.